The average Bonchev–Trinajstić information content (AvgIpc) is 2.67. The van der Waals surface area contributed by atoms with Crippen molar-refractivity contribution in [2.45, 2.75) is 13.5 Å². The highest BCUT2D eigenvalue weighted by Crippen LogP contribution is 2.16. The minimum absolute atomic E-state index is 0.159. The van der Waals surface area contributed by atoms with Gasteiger partial charge in [0.15, 0.2) is 6.61 Å². The van der Waals surface area contributed by atoms with E-state index >= 15 is 0 Å². The maximum Gasteiger partial charge on any atom is 0.266 e. The summed E-state index contributed by atoms with van der Waals surface area (Å²) in [5.74, 6) is 0.420. The summed E-state index contributed by atoms with van der Waals surface area (Å²) >= 11 is 0. The molecule has 0 spiro atoms. The van der Waals surface area contributed by atoms with Crippen molar-refractivity contribution >= 4 is 11.7 Å². The summed E-state index contributed by atoms with van der Waals surface area (Å²) in [5, 5.41) is 0. The number of anilines is 1. The van der Waals surface area contributed by atoms with Crippen LogP contribution in [-0.2, 0) is 11.3 Å². The second kappa shape index (κ2) is 8.25. The number of aromatic nitrogens is 1. The molecule has 0 aliphatic rings. The van der Waals surface area contributed by atoms with Crippen molar-refractivity contribution in [1.29, 1.82) is 0 Å². The van der Waals surface area contributed by atoms with Crippen LogP contribution >= 0.6 is 0 Å². The maximum absolute atomic E-state index is 13.0. The van der Waals surface area contributed by atoms with E-state index in [-0.39, 0.29) is 18.3 Å². The number of hydrogen-bond acceptors (Lipinski definition) is 3. The Morgan fingerprint density at radius 2 is 1.77 bits per heavy atom. The van der Waals surface area contributed by atoms with E-state index in [4.69, 9.17) is 4.74 Å². The molecule has 0 radical (unpaired) electrons. The van der Waals surface area contributed by atoms with Crippen LogP contribution in [0.4, 0.5) is 10.2 Å². The van der Waals surface area contributed by atoms with Crippen molar-refractivity contribution in [3.63, 3.8) is 0 Å². The third kappa shape index (κ3) is 4.66. The second-order valence-electron chi connectivity index (χ2n) is 5.90. The van der Waals surface area contributed by atoms with Gasteiger partial charge in [-0.2, -0.15) is 0 Å². The predicted octanol–water partition coefficient (Wildman–Crippen LogP) is 4.14. The molecule has 3 aromatic rings. The van der Waals surface area contributed by atoms with Crippen LogP contribution in [0, 0.1) is 12.7 Å². The Morgan fingerprint density at radius 1 is 1.04 bits per heavy atom. The minimum Gasteiger partial charge on any atom is -0.484 e. The molecule has 0 N–H and O–H groups in total. The summed E-state index contributed by atoms with van der Waals surface area (Å²) in [6.45, 7) is 2.25. The number of halogens is 1. The van der Waals surface area contributed by atoms with Gasteiger partial charge in [0.1, 0.15) is 17.4 Å². The molecule has 5 heteroatoms. The zero-order valence-electron chi connectivity index (χ0n) is 14.4. The van der Waals surface area contributed by atoms with Crippen LogP contribution in [-0.4, -0.2) is 17.5 Å². The molecule has 0 unspecified atom stereocenters. The largest absolute Gasteiger partial charge is 0.484 e. The average molecular weight is 350 g/mol. The molecule has 1 aromatic heterocycles. The lowest BCUT2D eigenvalue weighted by Gasteiger charge is -2.22. The summed E-state index contributed by atoms with van der Waals surface area (Å²) in [4.78, 5) is 18.6. The normalized spacial score (nSPS) is 10.4. The van der Waals surface area contributed by atoms with Crippen LogP contribution in [0.25, 0.3) is 0 Å². The van der Waals surface area contributed by atoms with Gasteiger partial charge in [0.25, 0.3) is 5.91 Å². The molecule has 4 nitrogen and oxygen atoms in total. The number of carbonyl (C=O) groups is 1. The van der Waals surface area contributed by atoms with Crippen molar-refractivity contribution in [3.05, 3.63) is 89.9 Å². The molecule has 1 heterocycles. The fourth-order valence-corrected chi connectivity index (χ4v) is 2.44. The van der Waals surface area contributed by atoms with Gasteiger partial charge in [-0.25, -0.2) is 9.37 Å². The third-order valence-corrected chi connectivity index (χ3v) is 3.86. The van der Waals surface area contributed by atoms with E-state index in [0.717, 1.165) is 11.1 Å². The van der Waals surface area contributed by atoms with E-state index in [2.05, 4.69) is 4.98 Å². The molecule has 0 aliphatic carbocycles. The fraction of sp³-hybridized carbons (Fsp3) is 0.143. The van der Waals surface area contributed by atoms with Gasteiger partial charge in [-0.15, -0.1) is 0 Å². The summed E-state index contributed by atoms with van der Waals surface area (Å²) in [6, 6.07) is 19.0. The number of ether oxygens (including phenoxy) is 1. The molecule has 1 amide bonds. The Labute approximate surface area is 151 Å². The van der Waals surface area contributed by atoms with Crippen molar-refractivity contribution in [2.24, 2.45) is 0 Å². The zero-order valence-corrected chi connectivity index (χ0v) is 14.4. The van der Waals surface area contributed by atoms with Crippen LogP contribution in [0.5, 0.6) is 5.75 Å². The van der Waals surface area contributed by atoms with Crippen molar-refractivity contribution in [2.75, 3.05) is 11.5 Å². The molecule has 0 saturated carbocycles. The Hall–Kier alpha value is -3.21. The monoisotopic (exact) mass is 350 g/mol. The molecule has 26 heavy (non-hydrogen) atoms. The maximum atomic E-state index is 13.0. The smallest absolute Gasteiger partial charge is 0.266 e. The highest BCUT2D eigenvalue weighted by atomic mass is 19.1. The first-order valence-electron chi connectivity index (χ1n) is 8.27. The first-order chi connectivity index (χ1) is 12.6. The zero-order chi connectivity index (χ0) is 18.4. The van der Waals surface area contributed by atoms with Crippen LogP contribution in [0.1, 0.15) is 11.1 Å². The number of rotatable bonds is 6. The van der Waals surface area contributed by atoms with Crippen LogP contribution in [0.3, 0.4) is 0 Å². The first kappa shape index (κ1) is 17.6. The lowest BCUT2D eigenvalue weighted by atomic mass is 10.1. The molecular weight excluding hydrogens is 331 g/mol. The van der Waals surface area contributed by atoms with E-state index < -0.39 is 0 Å². The quantitative estimate of drug-likeness (QED) is 0.671. The Morgan fingerprint density at radius 3 is 2.42 bits per heavy atom. The van der Waals surface area contributed by atoms with Gasteiger partial charge in [0, 0.05) is 6.20 Å². The van der Waals surface area contributed by atoms with Gasteiger partial charge >= 0.3 is 0 Å². The number of amides is 1. The van der Waals surface area contributed by atoms with Crippen molar-refractivity contribution in [1.82, 2.24) is 4.98 Å². The van der Waals surface area contributed by atoms with E-state index in [1.165, 1.54) is 24.3 Å². The van der Waals surface area contributed by atoms with Crippen molar-refractivity contribution in [3.8, 4) is 5.75 Å². The van der Waals surface area contributed by atoms with Crippen LogP contribution < -0.4 is 9.64 Å². The van der Waals surface area contributed by atoms with Crippen molar-refractivity contribution < 1.29 is 13.9 Å². The number of aryl methyl sites for hydroxylation is 1. The third-order valence-electron chi connectivity index (χ3n) is 3.86. The van der Waals surface area contributed by atoms with E-state index in [0.29, 0.717) is 18.1 Å². The Bertz CT molecular complexity index is 849. The van der Waals surface area contributed by atoms with Gasteiger partial charge < -0.3 is 4.74 Å². The number of nitrogens with zero attached hydrogens (tertiary/aromatic N) is 2. The molecule has 132 valence electrons. The highest BCUT2D eigenvalue weighted by Gasteiger charge is 2.18. The van der Waals surface area contributed by atoms with Gasteiger partial charge in [0.2, 0.25) is 0 Å². The first-order valence-corrected chi connectivity index (χ1v) is 8.27. The lowest BCUT2D eigenvalue weighted by Crippen LogP contribution is -2.35. The molecule has 0 saturated heterocycles. The minimum atomic E-state index is -0.349. The number of pyridine rings is 1. The Kier molecular flexibility index (Phi) is 5.59. The molecule has 3 rings (SSSR count). The molecule has 0 bridgehead atoms. The van der Waals surface area contributed by atoms with Gasteiger partial charge in [-0.3, -0.25) is 9.69 Å². The molecule has 0 aliphatic heterocycles. The topological polar surface area (TPSA) is 42.4 Å². The van der Waals surface area contributed by atoms with Gasteiger partial charge in [0.05, 0.1) is 6.54 Å². The predicted molar refractivity (Wildman–Crippen MR) is 98.5 cm³/mol. The summed E-state index contributed by atoms with van der Waals surface area (Å²) in [6.07, 6.45) is 1.64. The van der Waals surface area contributed by atoms with E-state index in [9.17, 15) is 9.18 Å². The summed E-state index contributed by atoms with van der Waals surface area (Å²) in [7, 11) is 0. The fourth-order valence-electron chi connectivity index (χ4n) is 2.44. The van der Waals surface area contributed by atoms with E-state index in [1.54, 1.807) is 23.2 Å². The molecule has 2 aromatic carbocycles. The van der Waals surface area contributed by atoms with Gasteiger partial charge in [-0.05, 0) is 48.9 Å². The standard InChI is InChI=1S/C21H19FN2O2/c1-16-5-7-17(8-6-16)14-24(20-4-2-3-13-23-20)21(25)15-26-19-11-9-18(22)10-12-19/h2-13H,14-15H2,1H3. The summed E-state index contributed by atoms with van der Waals surface area (Å²) in [5.41, 5.74) is 2.15. The number of carbonyl (C=O) groups excluding carboxylic acids is 1. The highest BCUT2D eigenvalue weighted by molar-refractivity contribution is 5.93. The SMILES string of the molecule is Cc1ccc(CN(C(=O)COc2ccc(F)cc2)c2ccccn2)cc1. The second-order valence-corrected chi connectivity index (χ2v) is 5.90. The molecule has 0 atom stereocenters. The van der Waals surface area contributed by atoms with E-state index in [1.807, 2.05) is 37.3 Å². The molecule has 0 fully saturated rings. The summed E-state index contributed by atoms with van der Waals surface area (Å²) < 4.78 is 18.5. The Balaban J connectivity index is 1.74. The lowest BCUT2D eigenvalue weighted by molar-refractivity contribution is -0.120. The number of benzene rings is 2. The molecular formula is C21H19FN2O2. The van der Waals surface area contributed by atoms with Crippen LogP contribution in [0.15, 0.2) is 72.9 Å². The van der Waals surface area contributed by atoms with Crippen LogP contribution in [0.2, 0.25) is 0 Å². The van der Waals surface area contributed by atoms with Gasteiger partial charge in [-0.1, -0.05) is 35.9 Å². The number of hydrogen-bond donors (Lipinski definition) is 0.